The third kappa shape index (κ3) is 5.20. The fourth-order valence-electron chi connectivity index (χ4n) is 3.04. The molecule has 8 heteroatoms. The predicted octanol–water partition coefficient (Wildman–Crippen LogP) is 3.46. The van der Waals surface area contributed by atoms with Crippen LogP contribution in [0.5, 0.6) is 11.5 Å². The van der Waals surface area contributed by atoms with E-state index in [4.69, 9.17) is 9.47 Å². The van der Waals surface area contributed by atoms with Gasteiger partial charge in [-0.05, 0) is 35.9 Å². The van der Waals surface area contributed by atoms with E-state index in [1.165, 1.54) is 25.3 Å². The Hall–Kier alpha value is -2.19. The van der Waals surface area contributed by atoms with E-state index >= 15 is 0 Å². The molecule has 0 bridgehead atoms. The summed E-state index contributed by atoms with van der Waals surface area (Å²) in [5.41, 5.74) is 0.854. The third-order valence-corrected chi connectivity index (χ3v) is 5.09. The maximum atomic E-state index is 13.8. The van der Waals surface area contributed by atoms with Gasteiger partial charge >= 0.3 is 0 Å². The molecule has 2 aromatic carbocycles. The number of methoxy groups -OCH3 is 1. The van der Waals surface area contributed by atoms with Crippen molar-refractivity contribution < 1.29 is 23.0 Å². The van der Waals surface area contributed by atoms with Crippen LogP contribution in [-0.2, 0) is 11.3 Å². The molecule has 1 aliphatic rings. The maximum absolute atomic E-state index is 13.8. The summed E-state index contributed by atoms with van der Waals surface area (Å²) < 4.78 is 38.4. The number of amides is 1. The van der Waals surface area contributed by atoms with E-state index in [1.807, 2.05) is 6.07 Å². The number of hydrogen-bond acceptors (Lipinski definition) is 4. The zero-order valence-electron chi connectivity index (χ0n) is 15.5. The van der Waals surface area contributed by atoms with Crippen molar-refractivity contribution >= 4 is 21.8 Å². The second kappa shape index (κ2) is 9.34. The van der Waals surface area contributed by atoms with E-state index < -0.39 is 5.82 Å². The molecule has 1 fully saturated rings. The largest absolute Gasteiger partial charge is 0.494 e. The summed E-state index contributed by atoms with van der Waals surface area (Å²) >= 11 is 3.18. The highest BCUT2D eigenvalue weighted by molar-refractivity contribution is 9.10. The van der Waals surface area contributed by atoms with E-state index in [1.54, 1.807) is 17.0 Å². The van der Waals surface area contributed by atoms with E-state index in [0.29, 0.717) is 37.2 Å². The van der Waals surface area contributed by atoms with Gasteiger partial charge in [-0.25, -0.2) is 8.78 Å². The van der Waals surface area contributed by atoms with Crippen LogP contribution in [0.2, 0.25) is 0 Å². The molecule has 5 nitrogen and oxygen atoms in total. The summed E-state index contributed by atoms with van der Waals surface area (Å²) in [5, 5.41) is 0. The second-order valence-electron chi connectivity index (χ2n) is 6.49. The smallest absolute Gasteiger partial charge is 0.260 e. The highest BCUT2D eigenvalue weighted by atomic mass is 79.9. The Kier molecular flexibility index (Phi) is 6.85. The van der Waals surface area contributed by atoms with Crippen LogP contribution in [0.4, 0.5) is 8.78 Å². The zero-order valence-corrected chi connectivity index (χ0v) is 17.0. The Morgan fingerprint density at radius 1 is 1.04 bits per heavy atom. The van der Waals surface area contributed by atoms with Crippen molar-refractivity contribution in [1.82, 2.24) is 9.80 Å². The molecule has 0 atom stereocenters. The van der Waals surface area contributed by atoms with Gasteiger partial charge in [0.15, 0.2) is 29.7 Å². The lowest BCUT2D eigenvalue weighted by atomic mass is 10.2. The zero-order chi connectivity index (χ0) is 20.1. The summed E-state index contributed by atoms with van der Waals surface area (Å²) in [6, 6.07) is 9.35. The first-order valence-electron chi connectivity index (χ1n) is 8.86. The van der Waals surface area contributed by atoms with Crippen molar-refractivity contribution in [2.24, 2.45) is 0 Å². The topological polar surface area (TPSA) is 42.0 Å². The molecule has 0 aromatic heterocycles. The van der Waals surface area contributed by atoms with E-state index in [2.05, 4.69) is 20.8 Å². The molecule has 1 saturated heterocycles. The number of nitrogens with zero attached hydrogens (tertiary/aromatic N) is 2. The van der Waals surface area contributed by atoms with Crippen LogP contribution in [0.15, 0.2) is 40.9 Å². The van der Waals surface area contributed by atoms with Crippen molar-refractivity contribution in [1.29, 1.82) is 0 Å². The van der Waals surface area contributed by atoms with Crippen LogP contribution in [0.1, 0.15) is 5.56 Å². The van der Waals surface area contributed by atoms with Crippen molar-refractivity contribution in [3.05, 3.63) is 58.1 Å². The third-order valence-electron chi connectivity index (χ3n) is 4.59. The van der Waals surface area contributed by atoms with Gasteiger partial charge in [0.25, 0.3) is 5.91 Å². The summed E-state index contributed by atoms with van der Waals surface area (Å²) in [4.78, 5) is 16.2. The molecule has 2 aromatic rings. The van der Waals surface area contributed by atoms with Gasteiger partial charge in [-0.2, -0.15) is 0 Å². The van der Waals surface area contributed by atoms with Gasteiger partial charge in [-0.1, -0.05) is 22.0 Å². The van der Waals surface area contributed by atoms with Gasteiger partial charge < -0.3 is 14.4 Å². The van der Waals surface area contributed by atoms with E-state index in [0.717, 1.165) is 5.56 Å². The van der Waals surface area contributed by atoms with Crippen molar-refractivity contribution in [3.63, 3.8) is 0 Å². The van der Waals surface area contributed by atoms with Crippen molar-refractivity contribution in [2.45, 2.75) is 6.54 Å². The lowest BCUT2D eigenvalue weighted by molar-refractivity contribution is -0.135. The number of rotatable bonds is 6. The fraction of sp³-hybridized carbons (Fsp3) is 0.350. The van der Waals surface area contributed by atoms with Gasteiger partial charge in [0.05, 0.1) is 7.11 Å². The summed E-state index contributed by atoms with van der Waals surface area (Å²) in [6.45, 7) is 2.83. The molecule has 150 valence electrons. The minimum Gasteiger partial charge on any atom is -0.494 e. The Bertz CT molecular complexity index is 842. The minimum atomic E-state index is -0.515. The van der Waals surface area contributed by atoms with Gasteiger partial charge in [-0.15, -0.1) is 0 Å². The van der Waals surface area contributed by atoms with Gasteiger partial charge in [0, 0.05) is 37.2 Å². The van der Waals surface area contributed by atoms with Crippen LogP contribution < -0.4 is 9.47 Å². The number of halogens is 3. The quantitative estimate of drug-likeness (QED) is 0.670. The van der Waals surface area contributed by atoms with Gasteiger partial charge in [-0.3, -0.25) is 9.69 Å². The lowest BCUT2D eigenvalue weighted by Crippen LogP contribution is -2.49. The molecule has 28 heavy (non-hydrogen) atoms. The monoisotopic (exact) mass is 454 g/mol. The number of carbonyl (C=O) groups is 1. The normalized spacial score (nSPS) is 14.8. The SMILES string of the molecule is COc1ccc(CN2CCN(C(=O)COc3ccc(Br)cc3F)CC2)cc1F. The molecule has 0 spiro atoms. The van der Waals surface area contributed by atoms with E-state index in [-0.39, 0.29) is 29.8 Å². The Balaban J connectivity index is 1.46. The second-order valence-corrected chi connectivity index (χ2v) is 7.40. The molecule has 1 amide bonds. The summed E-state index contributed by atoms with van der Waals surface area (Å²) in [7, 11) is 1.43. The standard InChI is InChI=1S/C20H21BrF2N2O3/c1-27-18-4-2-14(10-16(18)22)12-24-6-8-25(9-7-24)20(26)13-28-19-5-3-15(21)11-17(19)23/h2-5,10-11H,6-9,12-13H2,1H3. The highest BCUT2D eigenvalue weighted by Crippen LogP contribution is 2.22. The maximum Gasteiger partial charge on any atom is 0.260 e. The Morgan fingerprint density at radius 2 is 1.71 bits per heavy atom. The van der Waals surface area contributed by atoms with Gasteiger partial charge in [0.2, 0.25) is 0 Å². The molecule has 0 aliphatic carbocycles. The summed E-state index contributed by atoms with van der Waals surface area (Å²) in [5.74, 6) is -0.805. The van der Waals surface area contributed by atoms with Crippen LogP contribution in [0, 0.1) is 11.6 Å². The molecular weight excluding hydrogens is 434 g/mol. The number of ether oxygens (including phenoxy) is 2. The first-order valence-corrected chi connectivity index (χ1v) is 9.66. The first-order chi connectivity index (χ1) is 13.5. The summed E-state index contributed by atoms with van der Waals surface area (Å²) in [6.07, 6.45) is 0. The molecular formula is C20H21BrF2N2O3. The average molecular weight is 455 g/mol. The molecule has 1 aliphatic heterocycles. The minimum absolute atomic E-state index is 0.0525. The molecule has 3 rings (SSSR count). The molecule has 0 radical (unpaired) electrons. The Labute approximate surface area is 171 Å². The number of hydrogen-bond donors (Lipinski definition) is 0. The molecule has 1 heterocycles. The molecule has 0 saturated carbocycles. The van der Waals surface area contributed by atoms with Crippen LogP contribution in [-0.4, -0.2) is 55.6 Å². The lowest BCUT2D eigenvalue weighted by Gasteiger charge is -2.34. The van der Waals surface area contributed by atoms with Crippen LogP contribution >= 0.6 is 15.9 Å². The van der Waals surface area contributed by atoms with Crippen LogP contribution in [0.3, 0.4) is 0 Å². The number of piperazine rings is 1. The van der Waals surface area contributed by atoms with Crippen molar-refractivity contribution in [2.75, 3.05) is 39.9 Å². The van der Waals surface area contributed by atoms with Crippen LogP contribution in [0.25, 0.3) is 0 Å². The molecule has 0 N–H and O–H groups in total. The predicted molar refractivity (Wildman–Crippen MR) is 104 cm³/mol. The highest BCUT2D eigenvalue weighted by Gasteiger charge is 2.22. The number of benzene rings is 2. The van der Waals surface area contributed by atoms with E-state index in [9.17, 15) is 13.6 Å². The number of carbonyl (C=O) groups excluding carboxylic acids is 1. The molecule has 0 unspecified atom stereocenters. The van der Waals surface area contributed by atoms with Gasteiger partial charge in [0.1, 0.15) is 0 Å². The van der Waals surface area contributed by atoms with Crippen molar-refractivity contribution in [3.8, 4) is 11.5 Å². The fourth-order valence-corrected chi connectivity index (χ4v) is 3.38. The first kappa shape index (κ1) is 20.5. The average Bonchev–Trinajstić information content (AvgIpc) is 2.68. The Morgan fingerprint density at radius 3 is 2.36 bits per heavy atom.